The van der Waals surface area contributed by atoms with Crippen molar-refractivity contribution in [1.82, 2.24) is 5.43 Å². The number of aryl methyl sites for hydroxylation is 1. The maximum absolute atomic E-state index is 12.1. The smallest absolute Gasteiger partial charge is 0.271 e. The second-order valence-corrected chi connectivity index (χ2v) is 7.49. The van der Waals surface area contributed by atoms with Crippen LogP contribution in [0.5, 0.6) is 5.75 Å². The maximum Gasteiger partial charge on any atom is 0.271 e. The molecule has 2 aromatic carbocycles. The minimum Gasteiger partial charge on any atom is -0.495 e. The fourth-order valence-corrected chi connectivity index (χ4v) is 4.14. The first-order valence-corrected chi connectivity index (χ1v) is 9.08. The highest BCUT2D eigenvalue weighted by atomic mass is 127. The molecule has 0 aliphatic heterocycles. The number of nitrogens with zero attached hydrogens (tertiary/aromatic N) is 1. The Morgan fingerprint density at radius 2 is 2.04 bits per heavy atom. The normalized spacial score (nSPS) is 10.8. The number of carbonyl (C=O) groups is 1. The lowest BCUT2D eigenvalue weighted by Crippen LogP contribution is -2.17. The lowest BCUT2D eigenvalue weighted by molar-refractivity contribution is 0.0955. The van der Waals surface area contributed by atoms with Gasteiger partial charge in [-0.3, -0.25) is 4.79 Å². The fourth-order valence-electron chi connectivity index (χ4n) is 1.85. The van der Waals surface area contributed by atoms with Crippen LogP contribution in [0.3, 0.4) is 0 Å². The third-order valence-electron chi connectivity index (χ3n) is 3.04. The Morgan fingerprint density at radius 1 is 1.30 bits per heavy atom. The van der Waals surface area contributed by atoms with E-state index in [4.69, 9.17) is 16.3 Å². The molecular weight excluding hydrogens is 541 g/mol. The van der Waals surface area contributed by atoms with Gasteiger partial charge in [0.15, 0.2) is 0 Å². The van der Waals surface area contributed by atoms with Crippen molar-refractivity contribution in [2.24, 2.45) is 5.10 Å². The molecular formula is C16H13ClI2N2O2. The number of hydrogen-bond donors (Lipinski definition) is 1. The first-order valence-electron chi connectivity index (χ1n) is 6.55. The SMILES string of the molecule is COc1c(I)cc(I)cc1/C=N\NC(=O)c1ccc(C)c(Cl)c1. The lowest BCUT2D eigenvalue weighted by Gasteiger charge is -2.08. The molecule has 120 valence electrons. The molecule has 7 heteroatoms. The summed E-state index contributed by atoms with van der Waals surface area (Å²) >= 11 is 10.4. The van der Waals surface area contributed by atoms with Gasteiger partial charge in [0, 0.05) is 19.7 Å². The van der Waals surface area contributed by atoms with Crippen LogP contribution in [-0.4, -0.2) is 19.2 Å². The highest BCUT2D eigenvalue weighted by molar-refractivity contribution is 14.1. The van der Waals surface area contributed by atoms with E-state index >= 15 is 0 Å². The molecule has 0 atom stereocenters. The molecule has 0 spiro atoms. The van der Waals surface area contributed by atoms with E-state index < -0.39 is 0 Å². The standard InChI is InChI=1S/C16H13ClI2N2O2/c1-9-3-4-10(6-13(9)17)16(22)21-20-8-11-5-12(18)7-14(19)15(11)23-2/h3-8H,1-2H3,(H,21,22)/b20-8-. The van der Waals surface area contributed by atoms with Crippen LogP contribution in [0.15, 0.2) is 35.4 Å². The highest BCUT2D eigenvalue weighted by Gasteiger charge is 2.09. The van der Waals surface area contributed by atoms with Gasteiger partial charge in [-0.15, -0.1) is 0 Å². The van der Waals surface area contributed by atoms with Crippen molar-refractivity contribution in [2.75, 3.05) is 7.11 Å². The third-order valence-corrected chi connectivity index (χ3v) is 4.88. The number of amides is 1. The van der Waals surface area contributed by atoms with Gasteiger partial charge in [-0.05, 0) is 81.9 Å². The van der Waals surface area contributed by atoms with Crippen LogP contribution in [0.2, 0.25) is 5.02 Å². The Kier molecular flexibility index (Phi) is 6.66. The summed E-state index contributed by atoms with van der Waals surface area (Å²) in [4.78, 5) is 12.1. The minimum atomic E-state index is -0.317. The molecule has 0 aromatic heterocycles. The molecule has 2 rings (SSSR count). The zero-order chi connectivity index (χ0) is 17.0. The number of ether oxygens (including phenoxy) is 1. The number of benzene rings is 2. The highest BCUT2D eigenvalue weighted by Crippen LogP contribution is 2.26. The summed E-state index contributed by atoms with van der Waals surface area (Å²) in [5.41, 5.74) is 4.67. The van der Waals surface area contributed by atoms with Gasteiger partial charge in [0.05, 0.1) is 16.9 Å². The molecule has 0 saturated carbocycles. The second-order valence-electron chi connectivity index (χ2n) is 4.67. The fraction of sp³-hybridized carbons (Fsp3) is 0.125. The van der Waals surface area contributed by atoms with Crippen molar-refractivity contribution in [3.8, 4) is 5.75 Å². The number of hydrazone groups is 1. The largest absolute Gasteiger partial charge is 0.495 e. The summed E-state index contributed by atoms with van der Waals surface area (Å²) in [6.45, 7) is 1.88. The molecule has 0 aliphatic rings. The Bertz CT molecular complexity index is 779. The van der Waals surface area contributed by atoms with Gasteiger partial charge in [-0.1, -0.05) is 17.7 Å². The topological polar surface area (TPSA) is 50.7 Å². The molecule has 0 fully saturated rings. The molecule has 4 nitrogen and oxygen atoms in total. The van der Waals surface area contributed by atoms with Gasteiger partial charge in [-0.25, -0.2) is 5.43 Å². The second kappa shape index (κ2) is 8.29. The summed E-state index contributed by atoms with van der Waals surface area (Å²) in [6, 6.07) is 9.06. The maximum atomic E-state index is 12.1. The van der Waals surface area contributed by atoms with Crippen molar-refractivity contribution in [3.63, 3.8) is 0 Å². The molecule has 2 aromatic rings. The Balaban J connectivity index is 2.15. The number of nitrogens with one attached hydrogen (secondary N) is 1. The summed E-state index contributed by atoms with van der Waals surface area (Å²) in [7, 11) is 1.61. The van der Waals surface area contributed by atoms with Crippen LogP contribution in [0.1, 0.15) is 21.5 Å². The van der Waals surface area contributed by atoms with Crippen molar-refractivity contribution < 1.29 is 9.53 Å². The van der Waals surface area contributed by atoms with E-state index in [2.05, 4.69) is 55.7 Å². The quantitative estimate of drug-likeness (QED) is 0.341. The van der Waals surface area contributed by atoms with Gasteiger partial charge in [0.1, 0.15) is 5.75 Å². The van der Waals surface area contributed by atoms with Crippen molar-refractivity contribution in [1.29, 1.82) is 0 Å². The number of carbonyl (C=O) groups excluding carboxylic acids is 1. The van der Waals surface area contributed by atoms with E-state index in [9.17, 15) is 4.79 Å². The molecule has 0 radical (unpaired) electrons. The Hall–Kier alpha value is -0.870. The molecule has 0 saturated heterocycles. The van der Waals surface area contributed by atoms with Gasteiger partial charge in [0.2, 0.25) is 0 Å². The molecule has 0 unspecified atom stereocenters. The Morgan fingerprint density at radius 3 is 2.70 bits per heavy atom. The van der Waals surface area contributed by atoms with Crippen molar-refractivity contribution in [3.05, 3.63) is 59.2 Å². The predicted octanol–water partition coefficient (Wildman–Crippen LogP) is 4.63. The van der Waals surface area contributed by atoms with Gasteiger partial charge in [-0.2, -0.15) is 5.10 Å². The summed E-state index contributed by atoms with van der Waals surface area (Å²) in [6.07, 6.45) is 1.57. The molecule has 0 heterocycles. The van der Waals surface area contributed by atoms with E-state index in [1.807, 2.05) is 19.1 Å². The number of halogens is 3. The van der Waals surface area contributed by atoms with Gasteiger partial charge >= 0.3 is 0 Å². The monoisotopic (exact) mass is 554 g/mol. The molecule has 1 amide bonds. The first-order chi connectivity index (χ1) is 10.9. The van der Waals surface area contributed by atoms with E-state index in [-0.39, 0.29) is 5.91 Å². The lowest BCUT2D eigenvalue weighted by atomic mass is 10.1. The predicted molar refractivity (Wildman–Crippen MR) is 110 cm³/mol. The van der Waals surface area contributed by atoms with Crippen LogP contribution >= 0.6 is 56.8 Å². The van der Waals surface area contributed by atoms with Crippen LogP contribution in [0, 0.1) is 14.1 Å². The minimum absolute atomic E-state index is 0.317. The summed E-state index contributed by atoms with van der Waals surface area (Å²) in [5.74, 6) is 0.407. The van der Waals surface area contributed by atoms with E-state index in [1.54, 1.807) is 31.5 Å². The van der Waals surface area contributed by atoms with Crippen LogP contribution in [0.25, 0.3) is 0 Å². The van der Waals surface area contributed by atoms with Gasteiger partial charge < -0.3 is 4.74 Å². The zero-order valence-electron chi connectivity index (χ0n) is 12.4. The molecule has 0 aliphatic carbocycles. The average Bonchev–Trinajstić information content (AvgIpc) is 2.49. The molecule has 0 bridgehead atoms. The first kappa shape index (κ1) is 18.5. The van der Waals surface area contributed by atoms with E-state index in [0.717, 1.165) is 24.0 Å². The third kappa shape index (κ3) is 4.80. The van der Waals surface area contributed by atoms with Crippen molar-refractivity contribution >= 4 is 68.9 Å². The van der Waals surface area contributed by atoms with Crippen LogP contribution in [-0.2, 0) is 0 Å². The number of rotatable bonds is 4. The van der Waals surface area contributed by atoms with Crippen molar-refractivity contribution in [2.45, 2.75) is 6.92 Å². The number of methoxy groups -OCH3 is 1. The number of hydrogen-bond acceptors (Lipinski definition) is 3. The van der Waals surface area contributed by atoms with Crippen LogP contribution in [0.4, 0.5) is 0 Å². The average molecular weight is 555 g/mol. The van der Waals surface area contributed by atoms with Crippen LogP contribution < -0.4 is 10.2 Å². The summed E-state index contributed by atoms with van der Waals surface area (Å²) in [5, 5.41) is 4.56. The Labute approximate surface area is 166 Å². The molecule has 1 N–H and O–H groups in total. The van der Waals surface area contributed by atoms with Gasteiger partial charge in [0.25, 0.3) is 5.91 Å². The molecule has 23 heavy (non-hydrogen) atoms. The van der Waals surface area contributed by atoms with E-state index in [1.165, 1.54) is 0 Å². The summed E-state index contributed by atoms with van der Waals surface area (Å²) < 4.78 is 7.41. The zero-order valence-corrected chi connectivity index (χ0v) is 17.4. The van der Waals surface area contributed by atoms with E-state index in [0.29, 0.717) is 10.6 Å².